The summed E-state index contributed by atoms with van der Waals surface area (Å²) in [6.45, 7) is 0. The molecule has 0 aromatic heterocycles. The Hall–Kier alpha value is -1.23. The number of methoxy groups -OCH3 is 1. The average molecular weight is 261 g/mol. The molecule has 76 valence electrons. The molecule has 1 rings (SSSR count). The predicted octanol–water partition coefficient (Wildman–Crippen LogP) is 1.79. The Morgan fingerprint density at radius 2 is 2.21 bits per heavy atom. The van der Waals surface area contributed by atoms with E-state index in [2.05, 4.69) is 15.9 Å². The average Bonchev–Trinajstić information content (AvgIpc) is 2.10. The number of hydrogen-bond acceptors (Lipinski definition) is 3. The van der Waals surface area contributed by atoms with Crippen molar-refractivity contribution in [3.63, 3.8) is 0 Å². The van der Waals surface area contributed by atoms with E-state index in [-0.39, 0.29) is 17.9 Å². The summed E-state index contributed by atoms with van der Waals surface area (Å²) in [7, 11) is 1.41. The van der Waals surface area contributed by atoms with E-state index in [1.54, 1.807) is 6.07 Å². The Kier molecular flexibility index (Phi) is 3.35. The number of phenols is 1. The first-order valence-electron chi connectivity index (χ1n) is 3.82. The summed E-state index contributed by atoms with van der Waals surface area (Å²) in [5, 5.41) is 18.2. The number of benzene rings is 1. The highest BCUT2D eigenvalue weighted by Gasteiger charge is 2.13. The molecule has 0 unspecified atom stereocenters. The zero-order valence-corrected chi connectivity index (χ0v) is 9.04. The number of hydrogen-bond donors (Lipinski definition) is 2. The molecule has 0 aliphatic rings. The van der Waals surface area contributed by atoms with Gasteiger partial charge in [0.2, 0.25) is 0 Å². The molecule has 0 radical (unpaired) electrons. The molecular formula is C9H9BrO4. The Morgan fingerprint density at radius 1 is 1.57 bits per heavy atom. The van der Waals surface area contributed by atoms with Gasteiger partial charge in [0, 0.05) is 5.56 Å². The molecule has 0 aliphatic carbocycles. The highest BCUT2D eigenvalue weighted by molar-refractivity contribution is 9.10. The second kappa shape index (κ2) is 4.32. The monoisotopic (exact) mass is 260 g/mol. The van der Waals surface area contributed by atoms with E-state index in [0.717, 1.165) is 0 Å². The summed E-state index contributed by atoms with van der Waals surface area (Å²) >= 11 is 3.18. The van der Waals surface area contributed by atoms with Gasteiger partial charge in [-0.3, -0.25) is 4.79 Å². The van der Waals surface area contributed by atoms with Gasteiger partial charge >= 0.3 is 5.97 Å². The van der Waals surface area contributed by atoms with Crippen LogP contribution in [0.4, 0.5) is 0 Å². The summed E-state index contributed by atoms with van der Waals surface area (Å²) in [6.07, 6.45) is -0.227. The number of halogens is 1. The Labute approximate surface area is 89.3 Å². The minimum absolute atomic E-state index is 0.135. The molecule has 0 aliphatic heterocycles. The summed E-state index contributed by atoms with van der Waals surface area (Å²) in [5.74, 6) is -0.877. The van der Waals surface area contributed by atoms with Gasteiger partial charge in [-0.25, -0.2) is 0 Å². The van der Waals surface area contributed by atoms with Crippen LogP contribution in [0.3, 0.4) is 0 Å². The molecule has 5 heteroatoms. The highest BCUT2D eigenvalue weighted by Crippen LogP contribution is 2.37. The standard InChI is InChI=1S/C9H9BrO4/c1-14-9-6(10)3-2-5(8(9)13)4-7(11)12/h2-3,13H,4H2,1H3,(H,11,12). The fourth-order valence-corrected chi connectivity index (χ4v) is 1.57. The molecular weight excluding hydrogens is 252 g/mol. The van der Waals surface area contributed by atoms with Gasteiger partial charge in [0.05, 0.1) is 18.0 Å². The van der Waals surface area contributed by atoms with Crippen LogP contribution in [0.5, 0.6) is 11.5 Å². The van der Waals surface area contributed by atoms with Gasteiger partial charge in [-0.2, -0.15) is 0 Å². The fraction of sp³-hybridized carbons (Fsp3) is 0.222. The van der Waals surface area contributed by atoms with Crippen LogP contribution in [0.2, 0.25) is 0 Å². The Morgan fingerprint density at radius 3 is 2.71 bits per heavy atom. The number of carbonyl (C=O) groups is 1. The van der Waals surface area contributed by atoms with Crippen LogP contribution in [-0.2, 0) is 11.2 Å². The molecule has 0 saturated carbocycles. The van der Waals surface area contributed by atoms with Crippen LogP contribution >= 0.6 is 15.9 Å². The summed E-state index contributed by atoms with van der Waals surface area (Å²) < 4.78 is 5.50. The molecule has 14 heavy (non-hydrogen) atoms. The highest BCUT2D eigenvalue weighted by atomic mass is 79.9. The summed E-state index contributed by atoms with van der Waals surface area (Å²) in [6, 6.07) is 3.17. The number of ether oxygens (including phenoxy) is 1. The molecule has 1 aromatic rings. The Bertz CT molecular complexity index is 362. The van der Waals surface area contributed by atoms with Gasteiger partial charge in [0.15, 0.2) is 11.5 Å². The van der Waals surface area contributed by atoms with Crippen molar-refractivity contribution in [3.05, 3.63) is 22.2 Å². The predicted molar refractivity (Wildman–Crippen MR) is 53.7 cm³/mol. The van der Waals surface area contributed by atoms with Crippen LogP contribution < -0.4 is 4.74 Å². The zero-order chi connectivity index (χ0) is 10.7. The maximum absolute atomic E-state index is 10.4. The van der Waals surface area contributed by atoms with Crippen molar-refractivity contribution >= 4 is 21.9 Å². The molecule has 4 nitrogen and oxygen atoms in total. The Balaban J connectivity index is 3.14. The van der Waals surface area contributed by atoms with Crippen molar-refractivity contribution in [2.24, 2.45) is 0 Å². The van der Waals surface area contributed by atoms with Crippen LogP contribution in [0.1, 0.15) is 5.56 Å². The van der Waals surface area contributed by atoms with E-state index in [9.17, 15) is 9.90 Å². The minimum Gasteiger partial charge on any atom is -0.504 e. The number of aliphatic carboxylic acids is 1. The quantitative estimate of drug-likeness (QED) is 0.870. The lowest BCUT2D eigenvalue weighted by Gasteiger charge is -2.08. The SMILES string of the molecule is COc1c(Br)ccc(CC(=O)O)c1O. The van der Waals surface area contributed by atoms with Crippen molar-refractivity contribution < 1.29 is 19.7 Å². The zero-order valence-electron chi connectivity index (χ0n) is 7.45. The molecule has 0 spiro atoms. The molecule has 2 N–H and O–H groups in total. The van der Waals surface area contributed by atoms with Crippen molar-refractivity contribution in [2.45, 2.75) is 6.42 Å². The van der Waals surface area contributed by atoms with Gasteiger partial charge in [0.1, 0.15) is 0 Å². The smallest absolute Gasteiger partial charge is 0.307 e. The first-order chi connectivity index (χ1) is 6.56. The number of aromatic hydroxyl groups is 1. The maximum atomic E-state index is 10.4. The third-order valence-corrected chi connectivity index (χ3v) is 2.34. The summed E-state index contributed by atoms with van der Waals surface area (Å²) in [4.78, 5) is 10.4. The van der Waals surface area contributed by atoms with Crippen molar-refractivity contribution in [3.8, 4) is 11.5 Å². The number of rotatable bonds is 3. The van der Waals surface area contributed by atoms with Crippen molar-refractivity contribution in [1.82, 2.24) is 0 Å². The largest absolute Gasteiger partial charge is 0.504 e. The van der Waals surface area contributed by atoms with Crippen LogP contribution in [-0.4, -0.2) is 23.3 Å². The van der Waals surface area contributed by atoms with E-state index in [4.69, 9.17) is 9.84 Å². The van der Waals surface area contributed by atoms with E-state index < -0.39 is 5.97 Å². The lowest BCUT2D eigenvalue weighted by atomic mass is 10.1. The molecule has 1 aromatic carbocycles. The van der Waals surface area contributed by atoms with Crippen molar-refractivity contribution in [1.29, 1.82) is 0 Å². The first kappa shape index (κ1) is 10.8. The van der Waals surface area contributed by atoms with Gasteiger partial charge < -0.3 is 14.9 Å². The van der Waals surface area contributed by atoms with Gasteiger partial charge in [-0.05, 0) is 22.0 Å². The molecule has 0 fully saturated rings. The molecule has 0 heterocycles. The molecule has 0 saturated heterocycles. The number of carboxylic acids is 1. The first-order valence-corrected chi connectivity index (χ1v) is 4.61. The van der Waals surface area contributed by atoms with Gasteiger partial charge in [-0.1, -0.05) is 6.07 Å². The van der Waals surface area contributed by atoms with Gasteiger partial charge in [-0.15, -0.1) is 0 Å². The van der Waals surface area contributed by atoms with Crippen LogP contribution in [0, 0.1) is 0 Å². The van der Waals surface area contributed by atoms with E-state index in [1.807, 2.05) is 0 Å². The van der Waals surface area contributed by atoms with Crippen LogP contribution in [0.25, 0.3) is 0 Å². The fourth-order valence-electron chi connectivity index (χ4n) is 1.09. The topological polar surface area (TPSA) is 66.8 Å². The van der Waals surface area contributed by atoms with E-state index in [0.29, 0.717) is 10.0 Å². The molecule has 0 bridgehead atoms. The lowest BCUT2D eigenvalue weighted by molar-refractivity contribution is -0.136. The third kappa shape index (κ3) is 2.17. The molecule has 0 amide bonds. The number of carboxylic acid groups (broad SMARTS) is 1. The maximum Gasteiger partial charge on any atom is 0.307 e. The summed E-state index contributed by atoms with van der Waals surface area (Å²) in [5.41, 5.74) is 0.331. The third-order valence-electron chi connectivity index (χ3n) is 1.71. The second-order valence-corrected chi connectivity index (χ2v) is 3.51. The van der Waals surface area contributed by atoms with Gasteiger partial charge in [0.25, 0.3) is 0 Å². The number of phenolic OH excluding ortho intramolecular Hbond substituents is 1. The van der Waals surface area contributed by atoms with Crippen LogP contribution in [0.15, 0.2) is 16.6 Å². The second-order valence-electron chi connectivity index (χ2n) is 2.66. The molecule has 0 atom stereocenters. The lowest BCUT2D eigenvalue weighted by Crippen LogP contribution is -2.01. The van der Waals surface area contributed by atoms with Crippen molar-refractivity contribution in [2.75, 3.05) is 7.11 Å². The van der Waals surface area contributed by atoms with E-state index in [1.165, 1.54) is 13.2 Å². The minimum atomic E-state index is -0.996. The van der Waals surface area contributed by atoms with E-state index >= 15 is 0 Å². The normalized spacial score (nSPS) is 9.86.